The molecular weight excluding hydrogens is 434 g/mol. The van der Waals surface area contributed by atoms with E-state index in [1.165, 1.54) is 22.1 Å². The van der Waals surface area contributed by atoms with E-state index in [-0.39, 0.29) is 36.0 Å². The second-order valence-corrected chi connectivity index (χ2v) is 10.1. The highest BCUT2D eigenvalue weighted by Gasteiger charge is 2.46. The lowest BCUT2D eigenvalue weighted by Crippen LogP contribution is -2.63. The van der Waals surface area contributed by atoms with Crippen LogP contribution in [0.25, 0.3) is 0 Å². The summed E-state index contributed by atoms with van der Waals surface area (Å²) in [5.41, 5.74) is -0.502. The van der Waals surface area contributed by atoms with Gasteiger partial charge in [0, 0.05) is 58.4 Å². The molecule has 188 valence electrons. The Morgan fingerprint density at radius 2 is 1.79 bits per heavy atom. The summed E-state index contributed by atoms with van der Waals surface area (Å²) in [5.74, 6) is -0.753. The molecule has 10 nitrogen and oxygen atoms in total. The zero-order valence-electron chi connectivity index (χ0n) is 20.8. The van der Waals surface area contributed by atoms with E-state index < -0.39 is 5.54 Å². The number of aromatic nitrogens is 2. The van der Waals surface area contributed by atoms with Crippen molar-refractivity contribution in [1.29, 1.82) is 0 Å². The third kappa shape index (κ3) is 5.12. The summed E-state index contributed by atoms with van der Waals surface area (Å²) >= 11 is 0. The Bertz CT molecular complexity index is 902. The number of hydrogen-bond donors (Lipinski definition) is 2. The molecule has 0 spiro atoms. The highest BCUT2D eigenvalue weighted by Crippen LogP contribution is 2.27. The Morgan fingerprint density at radius 3 is 2.47 bits per heavy atom. The Balaban J connectivity index is 1.35. The minimum atomic E-state index is -1.05. The molecule has 2 N–H and O–H groups in total. The number of likely N-dealkylation sites (N-methyl/N-ethyl adjacent to an activating group) is 2. The van der Waals surface area contributed by atoms with E-state index in [4.69, 9.17) is 0 Å². The van der Waals surface area contributed by atoms with Crippen LogP contribution in [0.15, 0.2) is 6.07 Å². The van der Waals surface area contributed by atoms with Crippen LogP contribution in [0, 0.1) is 0 Å². The standard InChI is InChI=1S/C24H39N7O3/c1-4-29-12-14-30(15-13-29)11-10-25-21(32)19-16-20-22(33)28(3)24(2,17-31(20)27-19)23(34)26-18-8-6-5-7-9-18/h16,18H,4-15,17H2,1-3H3,(H,25,32)(H,26,34)/t24-/m1/s1. The SMILES string of the molecule is CCN1CCN(CCNC(=O)c2cc3n(n2)C[C@](C)(C(=O)NC2CCCCC2)N(C)C3=O)CC1. The average Bonchev–Trinajstić information content (AvgIpc) is 3.27. The summed E-state index contributed by atoms with van der Waals surface area (Å²) in [5, 5.41) is 10.5. The Labute approximate surface area is 202 Å². The maximum absolute atomic E-state index is 13.2. The van der Waals surface area contributed by atoms with Crippen LogP contribution in [0.3, 0.4) is 0 Å². The highest BCUT2D eigenvalue weighted by molar-refractivity contribution is 6.01. The topological polar surface area (TPSA) is 103 Å². The summed E-state index contributed by atoms with van der Waals surface area (Å²) in [4.78, 5) is 45.3. The Kier molecular flexibility index (Phi) is 7.57. The summed E-state index contributed by atoms with van der Waals surface area (Å²) in [6, 6.07) is 1.69. The maximum Gasteiger partial charge on any atom is 0.272 e. The molecule has 1 aliphatic carbocycles. The van der Waals surface area contributed by atoms with Crippen LogP contribution in [0.1, 0.15) is 66.9 Å². The molecule has 10 heteroatoms. The number of nitrogens with one attached hydrogen (secondary N) is 2. The fourth-order valence-corrected chi connectivity index (χ4v) is 5.17. The normalized spacial score (nSPS) is 24.7. The molecule has 0 aromatic carbocycles. The molecule has 0 radical (unpaired) electrons. The number of carbonyl (C=O) groups is 3. The van der Waals surface area contributed by atoms with Crippen LogP contribution in [0.4, 0.5) is 0 Å². The van der Waals surface area contributed by atoms with Gasteiger partial charge in [0.1, 0.15) is 11.2 Å². The van der Waals surface area contributed by atoms with Crippen molar-refractivity contribution in [3.8, 4) is 0 Å². The number of nitrogens with zero attached hydrogens (tertiary/aromatic N) is 5. The monoisotopic (exact) mass is 473 g/mol. The van der Waals surface area contributed by atoms with Crippen LogP contribution < -0.4 is 10.6 Å². The predicted octanol–water partition coefficient (Wildman–Crippen LogP) is 0.544. The van der Waals surface area contributed by atoms with Crippen molar-refractivity contribution in [2.24, 2.45) is 0 Å². The van der Waals surface area contributed by atoms with Gasteiger partial charge in [-0.05, 0) is 26.3 Å². The smallest absolute Gasteiger partial charge is 0.272 e. The fraction of sp³-hybridized carbons (Fsp3) is 0.750. The van der Waals surface area contributed by atoms with Crippen molar-refractivity contribution in [3.05, 3.63) is 17.5 Å². The first-order valence-corrected chi connectivity index (χ1v) is 12.7. The van der Waals surface area contributed by atoms with Gasteiger partial charge in [-0.1, -0.05) is 26.2 Å². The van der Waals surface area contributed by atoms with Crippen molar-refractivity contribution >= 4 is 17.7 Å². The van der Waals surface area contributed by atoms with Gasteiger partial charge in [0.2, 0.25) is 5.91 Å². The zero-order chi connectivity index (χ0) is 24.3. The molecule has 3 aliphatic rings. The van der Waals surface area contributed by atoms with Crippen LogP contribution in [0.2, 0.25) is 0 Å². The summed E-state index contributed by atoms with van der Waals surface area (Å²) in [6.07, 6.45) is 5.40. The van der Waals surface area contributed by atoms with E-state index in [1.54, 1.807) is 14.0 Å². The van der Waals surface area contributed by atoms with Gasteiger partial charge in [-0.15, -0.1) is 0 Å². The van der Waals surface area contributed by atoms with E-state index in [9.17, 15) is 14.4 Å². The van der Waals surface area contributed by atoms with E-state index in [1.807, 2.05) is 0 Å². The third-order valence-electron chi connectivity index (χ3n) is 7.79. The number of amides is 3. The molecule has 0 unspecified atom stereocenters. The fourth-order valence-electron chi connectivity index (χ4n) is 5.17. The molecule has 34 heavy (non-hydrogen) atoms. The molecule has 3 heterocycles. The van der Waals surface area contributed by atoms with Crippen molar-refractivity contribution in [3.63, 3.8) is 0 Å². The molecule has 1 atom stereocenters. The molecule has 1 saturated heterocycles. The molecule has 1 aromatic rings. The minimum absolute atomic E-state index is 0.159. The largest absolute Gasteiger partial charge is 0.351 e. The maximum atomic E-state index is 13.2. The van der Waals surface area contributed by atoms with Crippen molar-refractivity contribution in [2.45, 2.75) is 64.1 Å². The Hall–Kier alpha value is -2.46. The number of hydrogen-bond acceptors (Lipinski definition) is 6. The quantitative estimate of drug-likeness (QED) is 0.599. The third-order valence-corrected chi connectivity index (χ3v) is 7.79. The summed E-state index contributed by atoms with van der Waals surface area (Å²) in [7, 11) is 1.65. The first kappa shape index (κ1) is 24.7. The van der Waals surface area contributed by atoms with Crippen molar-refractivity contribution in [2.75, 3.05) is 52.9 Å². The molecule has 1 aromatic heterocycles. The number of carbonyl (C=O) groups excluding carboxylic acids is 3. The molecule has 2 fully saturated rings. The van der Waals surface area contributed by atoms with Crippen molar-refractivity contribution < 1.29 is 14.4 Å². The molecule has 3 amide bonds. The first-order valence-electron chi connectivity index (χ1n) is 12.7. The van der Waals surface area contributed by atoms with Crippen LogP contribution in [0.5, 0.6) is 0 Å². The molecule has 4 rings (SSSR count). The first-order chi connectivity index (χ1) is 16.3. The van der Waals surface area contributed by atoms with Gasteiger partial charge in [-0.2, -0.15) is 5.10 Å². The van der Waals surface area contributed by atoms with Gasteiger partial charge in [-0.3, -0.25) is 24.0 Å². The molecule has 2 aliphatic heterocycles. The summed E-state index contributed by atoms with van der Waals surface area (Å²) < 4.78 is 1.52. The molecular formula is C24H39N7O3. The number of fused-ring (bicyclic) bond motifs is 1. The van der Waals surface area contributed by atoms with Crippen LogP contribution in [-0.2, 0) is 11.3 Å². The van der Waals surface area contributed by atoms with E-state index in [0.29, 0.717) is 12.2 Å². The highest BCUT2D eigenvalue weighted by atomic mass is 16.2. The lowest BCUT2D eigenvalue weighted by atomic mass is 9.92. The van der Waals surface area contributed by atoms with Gasteiger partial charge in [0.05, 0.1) is 6.54 Å². The molecule has 1 saturated carbocycles. The van der Waals surface area contributed by atoms with E-state index >= 15 is 0 Å². The molecule has 0 bridgehead atoms. The van der Waals surface area contributed by atoms with E-state index in [2.05, 4.69) is 32.5 Å². The van der Waals surface area contributed by atoms with Crippen molar-refractivity contribution in [1.82, 2.24) is 35.1 Å². The lowest BCUT2D eigenvalue weighted by molar-refractivity contribution is -0.133. The van der Waals surface area contributed by atoms with Gasteiger partial charge >= 0.3 is 0 Å². The van der Waals surface area contributed by atoms with Gasteiger partial charge in [0.25, 0.3) is 11.8 Å². The predicted molar refractivity (Wildman–Crippen MR) is 129 cm³/mol. The number of piperazine rings is 1. The second-order valence-electron chi connectivity index (χ2n) is 10.1. The van der Waals surface area contributed by atoms with Gasteiger partial charge in [-0.25, -0.2) is 0 Å². The zero-order valence-corrected chi connectivity index (χ0v) is 20.8. The summed E-state index contributed by atoms with van der Waals surface area (Å²) in [6.45, 7) is 10.7. The lowest BCUT2D eigenvalue weighted by Gasteiger charge is -2.41. The van der Waals surface area contributed by atoms with E-state index in [0.717, 1.165) is 65.0 Å². The van der Waals surface area contributed by atoms with Gasteiger partial charge in [0.15, 0.2) is 5.69 Å². The Morgan fingerprint density at radius 1 is 1.12 bits per heavy atom. The van der Waals surface area contributed by atoms with Gasteiger partial charge < -0.3 is 20.4 Å². The average molecular weight is 474 g/mol. The second kappa shape index (κ2) is 10.4. The number of rotatable bonds is 7. The minimum Gasteiger partial charge on any atom is -0.351 e. The van der Waals surface area contributed by atoms with Crippen LogP contribution >= 0.6 is 0 Å². The van der Waals surface area contributed by atoms with Crippen LogP contribution in [-0.4, -0.2) is 107 Å².